The number of nitrogens with zero attached hydrogens (tertiary/aromatic N) is 2. The van der Waals surface area contributed by atoms with Crippen LogP contribution in [-0.4, -0.2) is 36.0 Å². The summed E-state index contributed by atoms with van der Waals surface area (Å²) in [7, 11) is 0. The Morgan fingerprint density at radius 1 is 1.12 bits per heavy atom. The Morgan fingerprint density at radius 3 is 2.82 bits per heavy atom. The molecule has 0 saturated carbocycles. The standard InChI is InChI=1S/C13H18N2O2/c1-2-16-9-10-17-8-7-15-11-14-12-5-3-4-6-13(12)15/h3-6,11H,2,7-10H2,1H3. The van der Waals surface area contributed by atoms with Crippen molar-refractivity contribution in [2.45, 2.75) is 13.5 Å². The Labute approximate surface area is 101 Å². The van der Waals surface area contributed by atoms with Crippen LogP contribution in [0.5, 0.6) is 0 Å². The van der Waals surface area contributed by atoms with E-state index in [2.05, 4.69) is 15.6 Å². The normalized spacial score (nSPS) is 11.1. The zero-order chi connectivity index (χ0) is 11.9. The summed E-state index contributed by atoms with van der Waals surface area (Å²) in [5, 5.41) is 0. The van der Waals surface area contributed by atoms with Crippen LogP contribution < -0.4 is 0 Å². The maximum Gasteiger partial charge on any atom is 0.0959 e. The van der Waals surface area contributed by atoms with E-state index in [0.29, 0.717) is 19.8 Å². The van der Waals surface area contributed by atoms with E-state index in [1.165, 1.54) is 0 Å². The third-order valence-electron chi connectivity index (χ3n) is 2.58. The van der Waals surface area contributed by atoms with Crippen molar-refractivity contribution in [2.75, 3.05) is 26.4 Å². The van der Waals surface area contributed by atoms with Crippen molar-refractivity contribution in [3.05, 3.63) is 30.6 Å². The van der Waals surface area contributed by atoms with E-state index < -0.39 is 0 Å². The molecule has 2 aromatic rings. The minimum absolute atomic E-state index is 0.653. The fraction of sp³-hybridized carbons (Fsp3) is 0.462. The molecule has 0 amide bonds. The Hall–Kier alpha value is -1.39. The van der Waals surface area contributed by atoms with Gasteiger partial charge in [-0.15, -0.1) is 0 Å². The summed E-state index contributed by atoms with van der Waals surface area (Å²) in [6.45, 7) is 5.56. The second-order valence-electron chi connectivity index (χ2n) is 3.74. The van der Waals surface area contributed by atoms with Crippen molar-refractivity contribution in [3.63, 3.8) is 0 Å². The van der Waals surface area contributed by atoms with Gasteiger partial charge in [0.05, 0.1) is 37.2 Å². The van der Waals surface area contributed by atoms with Crippen LogP contribution in [0, 0.1) is 0 Å². The van der Waals surface area contributed by atoms with Crippen LogP contribution in [0.2, 0.25) is 0 Å². The third-order valence-corrected chi connectivity index (χ3v) is 2.58. The van der Waals surface area contributed by atoms with E-state index in [9.17, 15) is 0 Å². The van der Waals surface area contributed by atoms with E-state index in [-0.39, 0.29) is 0 Å². The smallest absolute Gasteiger partial charge is 0.0959 e. The van der Waals surface area contributed by atoms with Crippen LogP contribution >= 0.6 is 0 Å². The zero-order valence-electron chi connectivity index (χ0n) is 10.1. The molecule has 0 fully saturated rings. The van der Waals surface area contributed by atoms with Gasteiger partial charge in [-0.3, -0.25) is 0 Å². The van der Waals surface area contributed by atoms with Gasteiger partial charge in [-0.05, 0) is 19.1 Å². The quantitative estimate of drug-likeness (QED) is 0.688. The maximum absolute atomic E-state index is 5.48. The molecule has 4 nitrogen and oxygen atoms in total. The molecule has 0 N–H and O–H groups in total. The lowest BCUT2D eigenvalue weighted by atomic mass is 10.3. The van der Waals surface area contributed by atoms with Gasteiger partial charge in [-0.2, -0.15) is 0 Å². The maximum atomic E-state index is 5.48. The molecule has 4 heteroatoms. The molecule has 0 spiro atoms. The number of ether oxygens (including phenoxy) is 2. The fourth-order valence-electron chi connectivity index (χ4n) is 1.72. The molecule has 0 aliphatic rings. The molecular formula is C13H18N2O2. The highest BCUT2D eigenvalue weighted by Crippen LogP contribution is 2.11. The molecule has 2 rings (SSSR count). The van der Waals surface area contributed by atoms with Gasteiger partial charge in [0.25, 0.3) is 0 Å². The van der Waals surface area contributed by atoms with Crippen molar-refractivity contribution >= 4 is 11.0 Å². The second-order valence-corrected chi connectivity index (χ2v) is 3.74. The van der Waals surface area contributed by atoms with E-state index in [1.807, 2.05) is 31.5 Å². The molecule has 0 aliphatic heterocycles. The van der Waals surface area contributed by atoms with Gasteiger partial charge in [-0.1, -0.05) is 12.1 Å². The molecule has 1 aromatic carbocycles. The number of hydrogen-bond acceptors (Lipinski definition) is 3. The second kappa shape index (κ2) is 6.37. The summed E-state index contributed by atoms with van der Waals surface area (Å²) < 4.78 is 12.8. The molecule has 0 radical (unpaired) electrons. The first-order valence-electron chi connectivity index (χ1n) is 5.97. The molecule has 92 valence electrons. The highest BCUT2D eigenvalue weighted by Gasteiger charge is 2.00. The molecular weight excluding hydrogens is 216 g/mol. The summed E-state index contributed by atoms with van der Waals surface area (Å²) in [5.41, 5.74) is 2.18. The van der Waals surface area contributed by atoms with Crippen LogP contribution in [0.4, 0.5) is 0 Å². The summed E-state index contributed by atoms with van der Waals surface area (Å²) >= 11 is 0. The highest BCUT2D eigenvalue weighted by atomic mass is 16.5. The highest BCUT2D eigenvalue weighted by molar-refractivity contribution is 5.74. The van der Waals surface area contributed by atoms with Gasteiger partial charge in [0, 0.05) is 13.2 Å². The molecule has 0 unspecified atom stereocenters. The largest absolute Gasteiger partial charge is 0.379 e. The van der Waals surface area contributed by atoms with Gasteiger partial charge in [0.1, 0.15) is 0 Å². The Morgan fingerprint density at radius 2 is 1.94 bits per heavy atom. The minimum atomic E-state index is 0.653. The van der Waals surface area contributed by atoms with Crippen LogP contribution in [0.1, 0.15) is 6.92 Å². The van der Waals surface area contributed by atoms with E-state index >= 15 is 0 Å². The number of rotatable bonds is 7. The third kappa shape index (κ3) is 3.28. The van der Waals surface area contributed by atoms with Crippen molar-refractivity contribution < 1.29 is 9.47 Å². The van der Waals surface area contributed by atoms with Crippen molar-refractivity contribution in [2.24, 2.45) is 0 Å². The van der Waals surface area contributed by atoms with E-state index in [1.54, 1.807) is 0 Å². The number of aromatic nitrogens is 2. The summed E-state index contributed by atoms with van der Waals surface area (Å²) in [5.74, 6) is 0. The first-order chi connectivity index (χ1) is 8.42. The molecule has 17 heavy (non-hydrogen) atoms. The fourth-order valence-corrected chi connectivity index (χ4v) is 1.72. The minimum Gasteiger partial charge on any atom is -0.379 e. The van der Waals surface area contributed by atoms with Crippen LogP contribution in [0.15, 0.2) is 30.6 Å². The lowest BCUT2D eigenvalue weighted by Gasteiger charge is -2.06. The van der Waals surface area contributed by atoms with Crippen LogP contribution in [0.25, 0.3) is 11.0 Å². The Balaban J connectivity index is 1.79. The van der Waals surface area contributed by atoms with E-state index in [4.69, 9.17) is 9.47 Å². The molecule has 0 aliphatic carbocycles. The Kier molecular flexibility index (Phi) is 4.53. The average molecular weight is 234 g/mol. The number of imidazole rings is 1. The van der Waals surface area contributed by atoms with Gasteiger partial charge < -0.3 is 14.0 Å². The molecule has 1 heterocycles. The van der Waals surface area contributed by atoms with Gasteiger partial charge in [0.2, 0.25) is 0 Å². The zero-order valence-corrected chi connectivity index (χ0v) is 10.1. The first-order valence-corrected chi connectivity index (χ1v) is 5.97. The lowest BCUT2D eigenvalue weighted by molar-refractivity contribution is 0.0500. The van der Waals surface area contributed by atoms with E-state index in [0.717, 1.165) is 24.2 Å². The van der Waals surface area contributed by atoms with Crippen molar-refractivity contribution in [1.82, 2.24) is 9.55 Å². The predicted octanol–water partition coefficient (Wildman–Crippen LogP) is 2.09. The predicted molar refractivity (Wildman–Crippen MR) is 67.0 cm³/mol. The van der Waals surface area contributed by atoms with Crippen molar-refractivity contribution in [3.8, 4) is 0 Å². The first kappa shape index (κ1) is 12.1. The molecule has 0 atom stereocenters. The van der Waals surface area contributed by atoms with Crippen LogP contribution in [0.3, 0.4) is 0 Å². The number of hydrogen-bond donors (Lipinski definition) is 0. The average Bonchev–Trinajstić information content (AvgIpc) is 2.77. The van der Waals surface area contributed by atoms with Crippen molar-refractivity contribution in [1.29, 1.82) is 0 Å². The summed E-state index contributed by atoms with van der Waals surface area (Å²) in [4.78, 5) is 4.33. The monoisotopic (exact) mass is 234 g/mol. The summed E-state index contributed by atoms with van der Waals surface area (Å²) in [6.07, 6.45) is 1.86. The molecule has 0 bridgehead atoms. The summed E-state index contributed by atoms with van der Waals surface area (Å²) in [6, 6.07) is 8.11. The number of fused-ring (bicyclic) bond motifs is 1. The molecule has 1 aromatic heterocycles. The number of benzene rings is 1. The van der Waals surface area contributed by atoms with Gasteiger partial charge in [0.15, 0.2) is 0 Å². The molecule has 0 saturated heterocycles. The lowest BCUT2D eigenvalue weighted by Crippen LogP contribution is -2.09. The number of para-hydroxylation sites is 2. The van der Waals surface area contributed by atoms with Gasteiger partial charge in [-0.25, -0.2) is 4.98 Å². The van der Waals surface area contributed by atoms with Gasteiger partial charge >= 0.3 is 0 Å². The Bertz CT molecular complexity index is 453. The van der Waals surface area contributed by atoms with Crippen LogP contribution in [-0.2, 0) is 16.0 Å². The SMILES string of the molecule is CCOCCOCCn1cnc2ccccc21. The topological polar surface area (TPSA) is 36.3 Å².